The SMILES string of the molecule is COc1cc(C(C)=O)ccc1OC1C=CCCC1. The molecule has 1 unspecified atom stereocenters. The number of allylic oxidation sites excluding steroid dienone is 1. The Balaban J connectivity index is 2.19. The molecule has 0 fully saturated rings. The first kappa shape index (κ1) is 12.7. The number of rotatable bonds is 4. The van der Waals surface area contributed by atoms with E-state index in [1.807, 2.05) is 0 Å². The molecule has 0 aliphatic heterocycles. The Kier molecular flexibility index (Phi) is 4.03. The van der Waals surface area contributed by atoms with Gasteiger partial charge in [0.1, 0.15) is 6.10 Å². The minimum absolute atomic E-state index is 0.0254. The second kappa shape index (κ2) is 5.71. The molecule has 0 saturated heterocycles. The van der Waals surface area contributed by atoms with Crippen molar-refractivity contribution in [3.63, 3.8) is 0 Å². The first-order valence-electron chi connectivity index (χ1n) is 6.23. The van der Waals surface area contributed by atoms with Gasteiger partial charge in [-0.1, -0.05) is 6.08 Å². The number of Topliss-reactive ketones (excluding diaryl/α,β-unsaturated/α-hetero) is 1. The average molecular weight is 246 g/mol. The lowest BCUT2D eigenvalue weighted by Crippen LogP contribution is -2.16. The first-order valence-corrected chi connectivity index (χ1v) is 6.23. The standard InChI is InChI=1S/C15H18O3/c1-11(16)12-8-9-14(15(10-12)17-2)18-13-6-4-3-5-7-13/h4,6,8-10,13H,3,5,7H2,1-2H3. The van der Waals surface area contributed by atoms with E-state index in [1.165, 1.54) is 0 Å². The zero-order valence-electron chi connectivity index (χ0n) is 10.8. The summed E-state index contributed by atoms with van der Waals surface area (Å²) in [7, 11) is 1.59. The van der Waals surface area contributed by atoms with Gasteiger partial charge in [-0.15, -0.1) is 0 Å². The Morgan fingerprint density at radius 1 is 1.33 bits per heavy atom. The van der Waals surface area contributed by atoms with E-state index in [2.05, 4.69) is 12.2 Å². The van der Waals surface area contributed by atoms with Gasteiger partial charge in [0.2, 0.25) is 0 Å². The lowest BCUT2D eigenvalue weighted by molar-refractivity contribution is 0.101. The molecule has 0 spiro atoms. The predicted molar refractivity (Wildman–Crippen MR) is 70.4 cm³/mol. The summed E-state index contributed by atoms with van der Waals surface area (Å²) in [5.74, 6) is 1.33. The highest BCUT2D eigenvalue weighted by molar-refractivity contribution is 5.94. The monoisotopic (exact) mass is 246 g/mol. The van der Waals surface area contributed by atoms with Crippen molar-refractivity contribution in [2.24, 2.45) is 0 Å². The zero-order valence-corrected chi connectivity index (χ0v) is 10.8. The molecule has 0 bridgehead atoms. The molecule has 3 nitrogen and oxygen atoms in total. The van der Waals surface area contributed by atoms with Crippen molar-refractivity contribution in [3.8, 4) is 11.5 Å². The lowest BCUT2D eigenvalue weighted by atomic mass is 10.1. The lowest BCUT2D eigenvalue weighted by Gasteiger charge is -2.20. The van der Waals surface area contributed by atoms with Crippen LogP contribution in [0.15, 0.2) is 30.4 Å². The van der Waals surface area contributed by atoms with Crippen LogP contribution >= 0.6 is 0 Å². The molecule has 3 heteroatoms. The fraction of sp³-hybridized carbons (Fsp3) is 0.400. The second-order valence-corrected chi connectivity index (χ2v) is 4.44. The summed E-state index contributed by atoms with van der Waals surface area (Å²) in [6, 6.07) is 5.30. The fourth-order valence-corrected chi connectivity index (χ4v) is 2.03. The Morgan fingerprint density at radius 2 is 2.17 bits per heavy atom. The minimum atomic E-state index is 0.0254. The number of hydrogen-bond donors (Lipinski definition) is 0. The molecule has 1 atom stereocenters. The molecule has 1 aliphatic rings. The third-order valence-electron chi connectivity index (χ3n) is 3.06. The van der Waals surface area contributed by atoms with Gasteiger partial charge in [-0.05, 0) is 50.5 Å². The van der Waals surface area contributed by atoms with Crippen molar-refractivity contribution in [1.29, 1.82) is 0 Å². The van der Waals surface area contributed by atoms with Crippen LogP contribution in [0.2, 0.25) is 0 Å². The topological polar surface area (TPSA) is 35.5 Å². The van der Waals surface area contributed by atoms with Gasteiger partial charge in [0.05, 0.1) is 7.11 Å². The van der Waals surface area contributed by atoms with Gasteiger partial charge in [-0.3, -0.25) is 4.79 Å². The van der Waals surface area contributed by atoms with Crippen molar-refractivity contribution < 1.29 is 14.3 Å². The first-order chi connectivity index (χ1) is 8.70. The van der Waals surface area contributed by atoms with E-state index in [4.69, 9.17) is 9.47 Å². The molecule has 1 aromatic rings. The minimum Gasteiger partial charge on any atom is -0.493 e. The van der Waals surface area contributed by atoms with Crippen LogP contribution in [0, 0.1) is 0 Å². The quantitative estimate of drug-likeness (QED) is 0.603. The molecular weight excluding hydrogens is 228 g/mol. The molecule has 1 aliphatic carbocycles. The summed E-state index contributed by atoms with van der Waals surface area (Å²) >= 11 is 0. The van der Waals surface area contributed by atoms with E-state index < -0.39 is 0 Å². The Morgan fingerprint density at radius 3 is 2.78 bits per heavy atom. The summed E-state index contributed by atoms with van der Waals surface area (Å²) in [4.78, 5) is 11.3. The van der Waals surface area contributed by atoms with E-state index >= 15 is 0 Å². The summed E-state index contributed by atoms with van der Waals surface area (Å²) < 4.78 is 11.2. The maximum atomic E-state index is 11.3. The van der Waals surface area contributed by atoms with E-state index in [0.29, 0.717) is 17.1 Å². The maximum Gasteiger partial charge on any atom is 0.162 e. The van der Waals surface area contributed by atoms with E-state index in [9.17, 15) is 4.79 Å². The third kappa shape index (κ3) is 2.92. The molecule has 18 heavy (non-hydrogen) atoms. The number of carbonyl (C=O) groups excluding carboxylic acids is 1. The largest absolute Gasteiger partial charge is 0.493 e. The summed E-state index contributed by atoms with van der Waals surface area (Å²) in [5, 5.41) is 0. The number of methoxy groups -OCH3 is 1. The van der Waals surface area contributed by atoms with Gasteiger partial charge in [-0.2, -0.15) is 0 Å². The van der Waals surface area contributed by atoms with E-state index in [-0.39, 0.29) is 11.9 Å². The van der Waals surface area contributed by atoms with Crippen LogP contribution in [0.1, 0.15) is 36.5 Å². The number of carbonyl (C=O) groups is 1. The molecule has 0 amide bonds. The Bertz CT molecular complexity index is 463. The molecule has 0 aromatic heterocycles. The van der Waals surface area contributed by atoms with Crippen molar-refractivity contribution in [3.05, 3.63) is 35.9 Å². The normalized spacial score (nSPS) is 18.4. The smallest absolute Gasteiger partial charge is 0.162 e. The molecule has 96 valence electrons. The number of hydrogen-bond acceptors (Lipinski definition) is 3. The molecule has 0 radical (unpaired) electrons. The summed E-state index contributed by atoms with van der Waals surface area (Å²) in [6.07, 6.45) is 7.63. The highest BCUT2D eigenvalue weighted by Crippen LogP contribution is 2.30. The molecule has 2 rings (SSSR count). The van der Waals surface area contributed by atoms with Gasteiger partial charge >= 0.3 is 0 Å². The van der Waals surface area contributed by atoms with Gasteiger partial charge in [-0.25, -0.2) is 0 Å². The molecular formula is C15H18O3. The van der Waals surface area contributed by atoms with Crippen LogP contribution in [-0.4, -0.2) is 19.0 Å². The van der Waals surface area contributed by atoms with E-state index in [0.717, 1.165) is 19.3 Å². The summed E-state index contributed by atoms with van der Waals surface area (Å²) in [5.41, 5.74) is 0.637. The fourth-order valence-electron chi connectivity index (χ4n) is 2.03. The molecule has 1 aromatic carbocycles. The van der Waals surface area contributed by atoms with Crippen molar-refractivity contribution in [1.82, 2.24) is 0 Å². The predicted octanol–water partition coefficient (Wildman–Crippen LogP) is 3.39. The number of ketones is 1. The van der Waals surface area contributed by atoms with Crippen molar-refractivity contribution in [2.75, 3.05) is 7.11 Å². The zero-order chi connectivity index (χ0) is 13.0. The maximum absolute atomic E-state index is 11.3. The highest BCUT2D eigenvalue weighted by atomic mass is 16.5. The van der Waals surface area contributed by atoms with Crippen LogP contribution < -0.4 is 9.47 Å². The molecule has 0 saturated carbocycles. The molecule has 0 N–H and O–H groups in total. The number of ether oxygens (including phenoxy) is 2. The second-order valence-electron chi connectivity index (χ2n) is 4.44. The van der Waals surface area contributed by atoms with Crippen LogP contribution in [0.3, 0.4) is 0 Å². The van der Waals surface area contributed by atoms with Crippen LogP contribution in [0.5, 0.6) is 11.5 Å². The van der Waals surface area contributed by atoms with Crippen LogP contribution in [0.25, 0.3) is 0 Å². The van der Waals surface area contributed by atoms with Crippen molar-refractivity contribution >= 4 is 5.78 Å². The van der Waals surface area contributed by atoms with Gasteiger partial charge in [0, 0.05) is 5.56 Å². The number of benzene rings is 1. The Labute approximate surface area is 107 Å². The van der Waals surface area contributed by atoms with E-state index in [1.54, 1.807) is 32.2 Å². The van der Waals surface area contributed by atoms with Gasteiger partial charge in [0.15, 0.2) is 17.3 Å². The van der Waals surface area contributed by atoms with Crippen molar-refractivity contribution in [2.45, 2.75) is 32.3 Å². The highest BCUT2D eigenvalue weighted by Gasteiger charge is 2.14. The Hall–Kier alpha value is -1.77. The van der Waals surface area contributed by atoms with Gasteiger partial charge in [0.25, 0.3) is 0 Å². The van der Waals surface area contributed by atoms with Gasteiger partial charge < -0.3 is 9.47 Å². The molecule has 0 heterocycles. The summed E-state index contributed by atoms with van der Waals surface area (Å²) in [6.45, 7) is 1.54. The van der Waals surface area contributed by atoms with Crippen LogP contribution in [-0.2, 0) is 0 Å². The average Bonchev–Trinajstić information content (AvgIpc) is 2.40. The third-order valence-corrected chi connectivity index (χ3v) is 3.06. The van der Waals surface area contributed by atoms with Crippen LogP contribution in [0.4, 0.5) is 0 Å².